The molecule has 0 aliphatic carbocycles. The van der Waals surface area contributed by atoms with Crippen LogP contribution in [0.4, 0.5) is 17.6 Å². The third kappa shape index (κ3) is 4.22. The molecular weight excluding hydrogens is 458 g/mol. The molecule has 3 N–H and O–H groups in total. The molecule has 0 bridgehead atoms. The Hall–Kier alpha value is -4.54. The molecule has 7 nitrogen and oxygen atoms in total. The lowest BCUT2D eigenvalue weighted by molar-refractivity contribution is -0.135. The number of halogens is 4. The van der Waals surface area contributed by atoms with Gasteiger partial charge in [-0.2, -0.15) is 0 Å². The predicted octanol–water partition coefficient (Wildman–Crippen LogP) is 4.04. The van der Waals surface area contributed by atoms with Crippen molar-refractivity contribution in [3.05, 3.63) is 77.5 Å². The molecule has 0 fully saturated rings. The Balaban J connectivity index is 1.95. The number of aromatic hydroxyl groups is 1. The summed E-state index contributed by atoms with van der Waals surface area (Å²) in [4.78, 5) is 32.0. The fourth-order valence-corrected chi connectivity index (χ4v) is 3.29. The fourth-order valence-electron chi connectivity index (χ4n) is 3.29. The van der Waals surface area contributed by atoms with Crippen molar-refractivity contribution in [1.82, 2.24) is 15.3 Å². The number of phenolic OH excluding ortho intramolecular Hbond substituents is 1. The number of carbonyl (C=O) groups excluding carboxylic acids is 1. The predicted molar refractivity (Wildman–Crippen MR) is 112 cm³/mol. The molecule has 0 aliphatic heterocycles. The number of carboxylic acid groups (broad SMARTS) is 1. The van der Waals surface area contributed by atoms with Crippen LogP contribution in [0.15, 0.2) is 48.7 Å². The molecule has 0 spiro atoms. The lowest BCUT2D eigenvalue weighted by atomic mass is 9.98. The van der Waals surface area contributed by atoms with Crippen LogP contribution in [0.25, 0.3) is 33.4 Å². The minimum absolute atomic E-state index is 0.00869. The van der Waals surface area contributed by atoms with E-state index in [1.54, 1.807) is 0 Å². The fraction of sp³-hybridized carbons (Fsp3) is 0.0435. The number of aliphatic carboxylic acids is 1. The summed E-state index contributed by atoms with van der Waals surface area (Å²) in [6.45, 7) is -0.768. The van der Waals surface area contributed by atoms with E-state index in [0.717, 1.165) is 36.5 Å². The molecule has 0 saturated carbocycles. The van der Waals surface area contributed by atoms with Gasteiger partial charge < -0.3 is 15.5 Å². The summed E-state index contributed by atoms with van der Waals surface area (Å²) in [7, 11) is 0. The summed E-state index contributed by atoms with van der Waals surface area (Å²) < 4.78 is 54.2. The van der Waals surface area contributed by atoms with E-state index in [2.05, 4.69) is 15.3 Å². The van der Waals surface area contributed by atoms with E-state index in [1.807, 2.05) is 0 Å². The van der Waals surface area contributed by atoms with Crippen molar-refractivity contribution < 1.29 is 37.4 Å². The van der Waals surface area contributed by atoms with Crippen LogP contribution in [0.5, 0.6) is 5.75 Å². The molecule has 11 heteroatoms. The van der Waals surface area contributed by atoms with Gasteiger partial charge in [0.15, 0.2) is 23.3 Å². The molecule has 4 aromatic rings. The van der Waals surface area contributed by atoms with Crippen molar-refractivity contribution >= 4 is 22.9 Å². The maximum absolute atomic E-state index is 13.8. The molecule has 1 aromatic heterocycles. The number of fused-ring (bicyclic) bond motifs is 1. The van der Waals surface area contributed by atoms with Crippen LogP contribution in [0.2, 0.25) is 0 Å². The lowest BCUT2D eigenvalue weighted by Crippen LogP contribution is -2.29. The van der Waals surface area contributed by atoms with Gasteiger partial charge in [0.05, 0.1) is 17.4 Å². The van der Waals surface area contributed by atoms with Crippen molar-refractivity contribution in [2.45, 2.75) is 0 Å². The number of nitrogens with zero attached hydrogens (tertiary/aromatic N) is 2. The summed E-state index contributed by atoms with van der Waals surface area (Å²) in [5, 5.41) is 21.8. The summed E-state index contributed by atoms with van der Waals surface area (Å²) in [6, 6.07) is 7.06. The Kier molecular flexibility index (Phi) is 5.84. The number of rotatable bonds is 5. The zero-order chi connectivity index (χ0) is 24.6. The second kappa shape index (κ2) is 8.77. The molecule has 0 saturated heterocycles. The zero-order valence-corrected chi connectivity index (χ0v) is 16.9. The van der Waals surface area contributed by atoms with E-state index in [-0.39, 0.29) is 33.4 Å². The van der Waals surface area contributed by atoms with Gasteiger partial charge >= 0.3 is 5.97 Å². The van der Waals surface area contributed by atoms with E-state index in [0.29, 0.717) is 0 Å². The number of phenols is 1. The number of hydrogen-bond donors (Lipinski definition) is 3. The maximum atomic E-state index is 13.8. The minimum atomic E-state index is -1.35. The second-order valence-electron chi connectivity index (χ2n) is 7.10. The molecule has 4 rings (SSSR count). The number of nitrogens with one attached hydrogen (secondary N) is 1. The molecule has 172 valence electrons. The highest BCUT2D eigenvalue weighted by atomic mass is 19.2. The van der Waals surface area contributed by atoms with Crippen LogP contribution in [-0.2, 0) is 4.79 Å². The van der Waals surface area contributed by atoms with E-state index in [4.69, 9.17) is 5.11 Å². The summed E-state index contributed by atoms with van der Waals surface area (Å²) in [5.41, 5.74) is -0.492. The van der Waals surface area contributed by atoms with E-state index in [9.17, 15) is 32.3 Å². The highest BCUT2D eigenvalue weighted by molar-refractivity contribution is 6.10. The Morgan fingerprint density at radius 2 is 1.50 bits per heavy atom. The molecule has 1 heterocycles. The average molecular weight is 471 g/mol. The first-order chi connectivity index (χ1) is 16.2. The minimum Gasteiger partial charge on any atom is -0.506 e. The number of carbonyl (C=O) groups is 2. The number of benzene rings is 3. The molecule has 0 aliphatic rings. The van der Waals surface area contributed by atoms with Crippen LogP contribution >= 0.6 is 0 Å². The van der Waals surface area contributed by atoms with E-state index in [1.165, 1.54) is 12.1 Å². The quantitative estimate of drug-likeness (QED) is 0.379. The maximum Gasteiger partial charge on any atom is 0.322 e. The van der Waals surface area contributed by atoms with Crippen molar-refractivity contribution in [2.24, 2.45) is 0 Å². The molecular formula is C23H13F4N3O4. The Morgan fingerprint density at radius 1 is 0.882 bits per heavy atom. The topological polar surface area (TPSA) is 112 Å². The molecule has 0 unspecified atom stereocenters. The first-order valence-electron chi connectivity index (χ1n) is 9.59. The van der Waals surface area contributed by atoms with Gasteiger partial charge in [-0.1, -0.05) is 6.07 Å². The highest BCUT2D eigenvalue weighted by Crippen LogP contribution is 2.37. The van der Waals surface area contributed by atoms with Crippen molar-refractivity contribution in [1.29, 1.82) is 0 Å². The largest absolute Gasteiger partial charge is 0.506 e. The SMILES string of the molecule is O=C(O)CNC(=O)c1c(O)c(-c2ccc(F)c(F)c2)cc2nc(-c3ccc(F)c(F)c3)cnc12. The summed E-state index contributed by atoms with van der Waals surface area (Å²) >= 11 is 0. The van der Waals surface area contributed by atoms with Gasteiger partial charge in [0.1, 0.15) is 23.4 Å². The van der Waals surface area contributed by atoms with Crippen molar-refractivity contribution in [2.75, 3.05) is 6.54 Å². The smallest absolute Gasteiger partial charge is 0.322 e. The standard InChI is InChI=1S/C23H13F4N3O4/c24-13-3-1-10(5-15(13)26)12-7-17-21(20(22(12)33)23(34)29-9-19(31)32)28-8-18(30-17)11-2-4-14(25)16(27)6-11/h1-8,33H,9H2,(H,29,34)(H,31,32). The van der Waals surface area contributed by atoms with Crippen LogP contribution in [0.3, 0.4) is 0 Å². The first-order valence-corrected chi connectivity index (χ1v) is 9.59. The number of amides is 1. The molecule has 0 atom stereocenters. The van der Waals surface area contributed by atoms with Gasteiger partial charge in [-0.3, -0.25) is 14.6 Å². The van der Waals surface area contributed by atoms with Gasteiger partial charge in [-0.15, -0.1) is 0 Å². The van der Waals surface area contributed by atoms with Gasteiger partial charge in [-0.05, 0) is 42.0 Å². The third-order valence-corrected chi connectivity index (χ3v) is 4.88. The molecule has 0 radical (unpaired) electrons. The van der Waals surface area contributed by atoms with Crippen LogP contribution in [0, 0.1) is 23.3 Å². The lowest BCUT2D eigenvalue weighted by Gasteiger charge is -2.14. The Labute approximate surface area is 188 Å². The van der Waals surface area contributed by atoms with Gasteiger partial charge in [0.2, 0.25) is 0 Å². The number of hydrogen-bond acceptors (Lipinski definition) is 5. The molecule has 3 aromatic carbocycles. The van der Waals surface area contributed by atoms with E-state index < -0.39 is 53.0 Å². The van der Waals surface area contributed by atoms with Crippen LogP contribution in [-0.4, -0.2) is 38.6 Å². The Bertz CT molecular complexity index is 1480. The number of carboxylic acids is 1. The second-order valence-corrected chi connectivity index (χ2v) is 7.10. The normalized spacial score (nSPS) is 10.9. The van der Waals surface area contributed by atoms with Gasteiger partial charge in [-0.25, -0.2) is 22.5 Å². The van der Waals surface area contributed by atoms with Gasteiger partial charge in [0, 0.05) is 11.1 Å². The monoisotopic (exact) mass is 471 g/mol. The Morgan fingerprint density at radius 3 is 2.12 bits per heavy atom. The number of aromatic nitrogens is 2. The van der Waals surface area contributed by atoms with E-state index >= 15 is 0 Å². The van der Waals surface area contributed by atoms with Crippen LogP contribution in [0.1, 0.15) is 10.4 Å². The average Bonchev–Trinajstić information content (AvgIpc) is 2.80. The summed E-state index contributed by atoms with van der Waals surface area (Å²) in [5.74, 6) is -7.57. The third-order valence-electron chi connectivity index (χ3n) is 4.88. The zero-order valence-electron chi connectivity index (χ0n) is 16.9. The molecule has 1 amide bonds. The highest BCUT2D eigenvalue weighted by Gasteiger charge is 2.23. The summed E-state index contributed by atoms with van der Waals surface area (Å²) in [6.07, 6.45) is 1.15. The van der Waals surface area contributed by atoms with Crippen LogP contribution < -0.4 is 5.32 Å². The van der Waals surface area contributed by atoms with Gasteiger partial charge in [0.25, 0.3) is 5.91 Å². The molecule has 34 heavy (non-hydrogen) atoms. The van der Waals surface area contributed by atoms with Crippen molar-refractivity contribution in [3.63, 3.8) is 0 Å². The van der Waals surface area contributed by atoms with Crippen molar-refractivity contribution in [3.8, 4) is 28.1 Å². The first kappa shape index (κ1) is 22.6.